The summed E-state index contributed by atoms with van der Waals surface area (Å²) in [5.41, 5.74) is 6.76. The van der Waals surface area contributed by atoms with Crippen LogP contribution in [0.25, 0.3) is 22.2 Å². The number of benzene rings is 3. The summed E-state index contributed by atoms with van der Waals surface area (Å²) in [5.74, 6) is -0.294. The number of hydrogen-bond donors (Lipinski definition) is 1. The SMILES string of the molecule is CC(=O)Nc1ccccc1-c1ccc(C(CN2CCOCC2)N(C)C(=O)Cn2c(=O)cnc3cc(C)c(C)cc32)cc1. The zero-order chi connectivity index (χ0) is 29.8. The molecule has 1 aliphatic rings. The molecule has 1 fully saturated rings. The van der Waals surface area contributed by atoms with Gasteiger partial charge in [0.1, 0.15) is 6.54 Å². The number of aromatic nitrogens is 2. The zero-order valence-electron chi connectivity index (χ0n) is 24.6. The second kappa shape index (κ2) is 12.7. The quantitative estimate of drug-likeness (QED) is 0.343. The topological polar surface area (TPSA) is 96.8 Å². The van der Waals surface area contributed by atoms with E-state index < -0.39 is 0 Å². The molecule has 0 spiro atoms. The third kappa shape index (κ3) is 6.42. The van der Waals surface area contributed by atoms with E-state index in [1.165, 1.54) is 17.7 Å². The number of fused-ring (bicyclic) bond motifs is 1. The molecule has 2 amide bonds. The largest absolute Gasteiger partial charge is 0.379 e. The molecule has 1 saturated heterocycles. The molecule has 0 bridgehead atoms. The van der Waals surface area contributed by atoms with Gasteiger partial charge in [-0.15, -0.1) is 0 Å². The summed E-state index contributed by atoms with van der Waals surface area (Å²) in [6, 6.07) is 19.4. The number of rotatable bonds is 8. The number of ether oxygens (including phenoxy) is 1. The van der Waals surface area contributed by atoms with Crippen LogP contribution in [0.2, 0.25) is 0 Å². The van der Waals surface area contributed by atoms with Crippen LogP contribution in [0.5, 0.6) is 0 Å². The Bertz CT molecular complexity index is 1660. The smallest absolute Gasteiger partial charge is 0.269 e. The fraction of sp³-hybridized carbons (Fsp3) is 0.333. The lowest BCUT2D eigenvalue weighted by atomic mass is 9.98. The van der Waals surface area contributed by atoms with Crippen LogP contribution in [-0.2, 0) is 20.9 Å². The maximum absolute atomic E-state index is 13.8. The van der Waals surface area contributed by atoms with Crippen LogP contribution in [0.15, 0.2) is 71.7 Å². The fourth-order valence-electron chi connectivity index (χ4n) is 5.40. The monoisotopic (exact) mass is 567 g/mol. The third-order valence-electron chi connectivity index (χ3n) is 8.00. The highest BCUT2D eigenvalue weighted by atomic mass is 16.5. The summed E-state index contributed by atoms with van der Waals surface area (Å²) in [6.45, 7) is 8.92. The molecule has 3 aromatic carbocycles. The Balaban J connectivity index is 1.45. The number of likely N-dealkylation sites (N-methyl/N-ethyl adjacent to an activating group) is 1. The Morgan fingerprint density at radius 3 is 2.43 bits per heavy atom. The van der Waals surface area contributed by atoms with Gasteiger partial charge in [0.2, 0.25) is 11.8 Å². The molecule has 218 valence electrons. The maximum Gasteiger partial charge on any atom is 0.269 e. The molecule has 0 radical (unpaired) electrons. The van der Waals surface area contributed by atoms with E-state index in [-0.39, 0.29) is 30.0 Å². The fourth-order valence-corrected chi connectivity index (χ4v) is 5.40. The molecule has 1 unspecified atom stereocenters. The first-order chi connectivity index (χ1) is 20.2. The van der Waals surface area contributed by atoms with Gasteiger partial charge in [0.15, 0.2) is 0 Å². The van der Waals surface area contributed by atoms with Crippen molar-refractivity contribution in [3.05, 3.63) is 93.9 Å². The van der Waals surface area contributed by atoms with E-state index in [9.17, 15) is 14.4 Å². The lowest BCUT2D eigenvalue weighted by Gasteiger charge is -2.35. The minimum Gasteiger partial charge on any atom is -0.379 e. The number of amides is 2. The summed E-state index contributed by atoms with van der Waals surface area (Å²) in [4.78, 5) is 46.8. The van der Waals surface area contributed by atoms with Gasteiger partial charge in [-0.05, 0) is 54.3 Å². The molecule has 4 aromatic rings. The van der Waals surface area contributed by atoms with Gasteiger partial charge in [-0.1, -0.05) is 42.5 Å². The van der Waals surface area contributed by atoms with Crippen molar-refractivity contribution in [1.29, 1.82) is 0 Å². The summed E-state index contributed by atoms with van der Waals surface area (Å²) < 4.78 is 7.07. The van der Waals surface area contributed by atoms with Crippen LogP contribution in [0.1, 0.15) is 29.7 Å². The van der Waals surface area contributed by atoms with Gasteiger partial charge in [0, 0.05) is 44.9 Å². The van der Waals surface area contributed by atoms with Gasteiger partial charge >= 0.3 is 0 Å². The number of aryl methyl sites for hydroxylation is 2. The van der Waals surface area contributed by atoms with Crippen LogP contribution in [0.3, 0.4) is 0 Å². The van der Waals surface area contributed by atoms with Gasteiger partial charge in [-0.3, -0.25) is 23.9 Å². The van der Waals surface area contributed by atoms with Crippen molar-refractivity contribution in [3.8, 4) is 11.1 Å². The number of carbonyl (C=O) groups is 2. The van der Waals surface area contributed by atoms with Crippen molar-refractivity contribution in [3.63, 3.8) is 0 Å². The molecule has 9 heteroatoms. The molecule has 1 aliphatic heterocycles. The predicted octanol–water partition coefficient (Wildman–Crippen LogP) is 4.17. The molecule has 9 nitrogen and oxygen atoms in total. The Morgan fingerprint density at radius 1 is 1.02 bits per heavy atom. The second-order valence-electron chi connectivity index (χ2n) is 10.9. The minimum absolute atomic E-state index is 0.0847. The predicted molar refractivity (Wildman–Crippen MR) is 164 cm³/mol. The van der Waals surface area contributed by atoms with Crippen molar-refractivity contribution >= 4 is 28.5 Å². The molecule has 42 heavy (non-hydrogen) atoms. The van der Waals surface area contributed by atoms with Crippen molar-refractivity contribution in [2.45, 2.75) is 33.4 Å². The molecule has 2 heterocycles. The number of nitrogens with zero attached hydrogens (tertiary/aromatic N) is 4. The van der Waals surface area contributed by atoms with E-state index in [4.69, 9.17) is 4.74 Å². The molecule has 1 N–H and O–H groups in total. The molecular weight excluding hydrogens is 530 g/mol. The standard InChI is InChI=1S/C33H37N5O4/c1-22-17-29-30(18-23(22)2)38(32(40)19-34-29)21-33(41)36(4)31(20-37-13-15-42-16-14-37)26-11-9-25(10-12-26)27-7-5-6-8-28(27)35-24(3)39/h5-12,17-19,31H,13-16,20-21H2,1-4H3,(H,35,39). The zero-order valence-corrected chi connectivity index (χ0v) is 24.6. The summed E-state index contributed by atoms with van der Waals surface area (Å²) in [7, 11) is 1.80. The van der Waals surface area contributed by atoms with Crippen LogP contribution in [-0.4, -0.2) is 71.1 Å². The van der Waals surface area contributed by atoms with Crippen molar-refractivity contribution in [2.75, 3.05) is 45.2 Å². The number of hydrogen-bond acceptors (Lipinski definition) is 6. The molecular formula is C33H37N5O4. The lowest BCUT2D eigenvalue weighted by Crippen LogP contribution is -2.45. The van der Waals surface area contributed by atoms with E-state index in [0.29, 0.717) is 30.8 Å². The van der Waals surface area contributed by atoms with E-state index in [0.717, 1.165) is 46.6 Å². The summed E-state index contributed by atoms with van der Waals surface area (Å²) in [5, 5.41) is 2.90. The van der Waals surface area contributed by atoms with Crippen LogP contribution in [0, 0.1) is 13.8 Å². The van der Waals surface area contributed by atoms with Crippen LogP contribution < -0.4 is 10.9 Å². The summed E-state index contributed by atoms with van der Waals surface area (Å²) in [6.07, 6.45) is 1.28. The molecule has 1 atom stereocenters. The maximum atomic E-state index is 13.8. The molecule has 0 aliphatic carbocycles. The molecule has 1 aromatic heterocycles. The average molecular weight is 568 g/mol. The Kier molecular flexibility index (Phi) is 8.80. The highest BCUT2D eigenvalue weighted by molar-refractivity contribution is 5.94. The number of carbonyl (C=O) groups excluding carboxylic acids is 2. The molecule has 0 saturated carbocycles. The Labute approximate surface area is 245 Å². The van der Waals surface area contributed by atoms with E-state index in [1.807, 2.05) is 74.5 Å². The highest BCUT2D eigenvalue weighted by Crippen LogP contribution is 2.30. The Hall–Kier alpha value is -4.34. The average Bonchev–Trinajstić information content (AvgIpc) is 2.98. The first-order valence-electron chi connectivity index (χ1n) is 14.2. The first kappa shape index (κ1) is 29.2. The highest BCUT2D eigenvalue weighted by Gasteiger charge is 2.26. The summed E-state index contributed by atoms with van der Waals surface area (Å²) >= 11 is 0. The number of morpholine rings is 1. The molecule has 5 rings (SSSR count). The van der Waals surface area contributed by atoms with E-state index >= 15 is 0 Å². The number of para-hydroxylation sites is 1. The minimum atomic E-state index is -0.306. The Morgan fingerprint density at radius 2 is 1.71 bits per heavy atom. The van der Waals surface area contributed by atoms with Gasteiger partial charge in [0.25, 0.3) is 5.56 Å². The second-order valence-corrected chi connectivity index (χ2v) is 10.9. The van der Waals surface area contributed by atoms with Crippen molar-refractivity contribution in [2.24, 2.45) is 0 Å². The lowest BCUT2D eigenvalue weighted by molar-refractivity contribution is -0.133. The van der Waals surface area contributed by atoms with Gasteiger partial charge < -0.3 is 15.0 Å². The van der Waals surface area contributed by atoms with Gasteiger partial charge in [-0.2, -0.15) is 0 Å². The van der Waals surface area contributed by atoms with Gasteiger partial charge in [-0.25, -0.2) is 4.98 Å². The van der Waals surface area contributed by atoms with E-state index in [2.05, 4.69) is 15.2 Å². The number of nitrogens with one attached hydrogen (secondary N) is 1. The van der Waals surface area contributed by atoms with Crippen LogP contribution >= 0.6 is 0 Å². The van der Waals surface area contributed by atoms with Crippen LogP contribution in [0.4, 0.5) is 5.69 Å². The third-order valence-corrected chi connectivity index (χ3v) is 8.00. The van der Waals surface area contributed by atoms with Gasteiger partial charge in [0.05, 0.1) is 36.5 Å². The van der Waals surface area contributed by atoms with E-state index in [1.54, 1.807) is 11.9 Å². The van der Waals surface area contributed by atoms with Crippen molar-refractivity contribution in [1.82, 2.24) is 19.4 Å². The number of anilines is 1. The first-order valence-corrected chi connectivity index (χ1v) is 14.2. The van der Waals surface area contributed by atoms with Crippen molar-refractivity contribution < 1.29 is 14.3 Å². The normalized spacial score (nSPS) is 14.5.